The standard InChI is InChI=1S/C15H15NO2/c1-12(17-2)13-6-8-15(9-7-13)18-11-14-5-3-4-10-16-14/h3-10H,1,11H2,2H3. The summed E-state index contributed by atoms with van der Waals surface area (Å²) in [6.07, 6.45) is 1.75. The minimum absolute atomic E-state index is 0.464. The van der Waals surface area contributed by atoms with Gasteiger partial charge in [0.2, 0.25) is 0 Å². The van der Waals surface area contributed by atoms with Crippen molar-refractivity contribution in [3.8, 4) is 5.75 Å². The molecule has 0 atom stereocenters. The molecule has 2 rings (SSSR count). The summed E-state index contributed by atoms with van der Waals surface area (Å²) in [5.41, 5.74) is 1.85. The maximum Gasteiger partial charge on any atom is 0.130 e. The van der Waals surface area contributed by atoms with Crippen molar-refractivity contribution in [3.63, 3.8) is 0 Å². The van der Waals surface area contributed by atoms with Crippen molar-refractivity contribution in [2.45, 2.75) is 6.61 Å². The molecule has 0 aliphatic heterocycles. The van der Waals surface area contributed by atoms with Crippen LogP contribution in [0.5, 0.6) is 5.75 Å². The third kappa shape index (κ3) is 3.10. The molecule has 0 aliphatic rings. The highest BCUT2D eigenvalue weighted by atomic mass is 16.5. The second kappa shape index (κ2) is 5.87. The predicted molar refractivity (Wildman–Crippen MR) is 71.1 cm³/mol. The molecule has 1 heterocycles. The average molecular weight is 241 g/mol. The summed E-state index contributed by atoms with van der Waals surface area (Å²) in [4.78, 5) is 4.19. The van der Waals surface area contributed by atoms with Crippen LogP contribution < -0.4 is 4.74 Å². The van der Waals surface area contributed by atoms with Gasteiger partial charge in [-0.2, -0.15) is 0 Å². The van der Waals surface area contributed by atoms with Crippen molar-refractivity contribution in [3.05, 3.63) is 66.5 Å². The van der Waals surface area contributed by atoms with Crippen LogP contribution in [-0.2, 0) is 11.3 Å². The Hall–Kier alpha value is -2.29. The summed E-state index contributed by atoms with van der Waals surface area (Å²) >= 11 is 0. The predicted octanol–water partition coefficient (Wildman–Crippen LogP) is 3.28. The van der Waals surface area contributed by atoms with Gasteiger partial charge in [-0.05, 0) is 36.4 Å². The van der Waals surface area contributed by atoms with Crippen LogP contribution in [-0.4, -0.2) is 12.1 Å². The summed E-state index contributed by atoms with van der Waals surface area (Å²) in [5.74, 6) is 1.44. The molecule has 2 aromatic rings. The van der Waals surface area contributed by atoms with Gasteiger partial charge in [-0.1, -0.05) is 12.6 Å². The number of ether oxygens (including phenoxy) is 2. The van der Waals surface area contributed by atoms with Gasteiger partial charge in [-0.3, -0.25) is 4.98 Å². The number of benzene rings is 1. The number of aromatic nitrogens is 1. The molecule has 0 spiro atoms. The summed E-state index contributed by atoms with van der Waals surface area (Å²) in [6, 6.07) is 13.4. The van der Waals surface area contributed by atoms with Gasteiger partial charge >= 0.3 is 0 Å². The summed E-state index contributed by atoms with van der Waals surface area (Å²) in [6.45, 7) is 4.26. The zero-order chi connectivity index (χ0) is 12.8. The van der Waals surface area contributed by atoms with Gasteiger partial charge in [0, 0.05) is 11.8 Å². The largest absolute Gasteiger partial charge is 0.497 e. The number of methoxy groups -OCH3 is 1. The Kier molecular flexibility index (Phi) is 3.97. The summed E-state index contributed by atoms with van der Waals surface area (Å²) in [5, 5.41) is 0. The van der Waals surface area contributed by atoms with E-state index in [2.05, 4.69) is 11.6 Å². The van der Waals surface area contributed by atoms with Gasteiger partial charge in [-0.15, -0.1) is 0 Å². The van der Waals surface area contributed by atoms with E-state index in [0.717, 1.165) is 17.0 Å². The van der Waals surface area contributed by atoms with Crippen LogP contribution in [0.4, 0.5) is 0 Å². The lowest BCUT2D eigenvalue weighted by molar-refractivity contribution is 0.301. The minimum atomic E-state index is 0.464. The number of rotatable bonds is 5. The molecule has 92 valence electrons. The van der Waals surface area contributed by atoms with Crippen LogP contribution >= 0.6 is 0 Å². The number of nitrogens with zero attached hydrogens (tertiary/aromatic N) is 1. The van der Waals surface area contributed by atoms with Crippen LogP contribution in [0.2, 0.25) is 0 Å². The lowest BCUT2D eigenvalue weighted by Gasteiger charge is -2.07. The molecule has 0 saturated heterocycles. The Balaban J connectivity index is 1.97. The second-order valence-corrected chi connectivity index (χ2v) is 3.76. The average Bonchev–Trinajstić information content (AvgIpc) is 2.46. The lowest BCUT2D eigenvalue weighted by Crippen LogP contribution is -1.97. The molecule has 0 unspecified atom stereocenters. The van der Waals surface area contributed by atoms with E-state index in [-0.39, 0.29) is 0 Å². The van der Waals surface area contributed by atoms with E-state index in [1.54, 1.807) is 13.3 Å². The summed E-state index contributed by atoms with van der Waals surface area (Å²) < 4.78 is 10.7. The van der Waals surface area contributed by atoms with Gasteiger partial charge in [0.25, 0.3) is 0 Å². The lowest BCUT2D eigenvalue weighted by atomic mass is 10.2. The molecular formula is C15H15NO2. The molecule has 1 aromatic heterocycles. The highest BCUT2D eigenvalue weighted by molar-refractivity contribution is 5.57. The first-order chi connectivity index (χ1) is 8.79. The van der Waals surface area contributed by atoms with E-state index in [9.17, 15) is 0 Å². The van der Waals surface area contributed by atoms with E-state index in [4.69, 9.17) is 9.47 Å². The van der Waals surface area contributed by atoms with E-state index in [1.165, 1.54) is 0 Å². The molecule has 3 nitrogen and oxygen atoms in total. The molecule has 0 bridgehead atoms. The second-order valence-electron chi connectivity index (χ2n) is 3.76. The fourth-order valence-electron chi connectivity index (χ4n) is 1.50. The molecule has 0 saturated carbocycles. The van der Waals surface area contributed by atoms with Crippen molar-refractivity contribution >= 4 is 5.76 Å². The smallest absolute Gasteiger partial charge is 0.130 e. The van der Waals surface area contributed by atoms with Crippen molar-refractivity contribution in [1.29, 1.82) is 0 Å². The normalized spacial score (nSPS) is 9.83. The van der Waals surface area contributed by atoms with E-state index < -0.39 is 0 Å². The number of pyridine rings is 1. The van der Waals surface area contributed by atoms with Crippen molar-refractivity contribution in [2.24, 2.45) is 0 Å². The van der Waals surface area contributed by atoms with E-state index in [0.29, 0.717) is 12.4 Å². The number of hydrogen-bond donors (Lipinski definition) is 0. The SMILES string of the molecule is C=C(OC)c1ccc(OCc2ccccn2)cc1. The highest BCUT2D eigenvalue weighted by Crippen LogP contribution is 2.18. The van der Waals surface area contributed by atoms with Crippen LogP contribution in [0.15, 0.2) is 55.2 Å². The van der Waals surface area contributed by atoms with Crippen LogP contribution in [0.1, 0.15) is 11.3 Å². The Labute approximate surface area is 107 Å². The molecule has 0 amide bonds. The van der Waals surface area contributed by atoms with Crippen LogP contribution in [0.25, 0.3) is 5.76 Å². The van der Waals surface area contributed by atoms with E-state index in [1.807, 2.05) is 42.5 Å². The van der Waals surface area contributed by atoms with Gasteiger partial charge < -0.3 is 9.47 Å². The third-order valence-electron chi connectivity index (χ3n) is 2.54. The van der Waals surface area contributed by atoms with Crippen molar-refractivity contribution in [1.82, 2.24) is 4.98 Å². The van der Waals surface area contributed by atoms with Crippen molar-refractivity contribution < 1.29 is 9.47 Å². The van der Waals surface area contributed by atoms with Gasteiger partial charge in [0.05, 0.1) is 12.8 Å². The van der Waals surface area contributed by atoms with E-state index >= 15 is 0 Å². The molecule has 3 heteroatoms. The van der Waals surface area contributed by atoms with Gasteiger partial charge in [-0.25, -0.2) is 0 Å². The Morgan fingerprint density at radius 1 is 1.17 bits per heavy atom. The van der Waals surface area contributed by atoms with Crippen LogP contribution in [0.3, 0.4) is 0 Å². The summed E-state index contributed by atoms with van der Waals surface area (Å²) in [7, 11) is 1.60. The minimum Gasteiger partial charge on any atom is -0.497 e. The quantitative estimate of drug-likeness (QED) is 0.753. The Morgan fingerprint density at radius 3 is 2.56 bits per heavy atom. The van der Waals surface area contributed by atoms with Gasteiger partial charge in [0.15, 0.2) is 0 Å². The molecule has 0 N–H and O–H groups in total. The molecule has 0 radical (unpaired) electrons. The molecule has 1 aromatic carbocycles. The first kappa shape index (κ1) is 12.2. The third-order valence-corrected chi connectivity index (χ3v) is 2.54. The molecule has 0 fully saturated rings. The molecule has 18 heavy (non-hydrogen) atoms. The zero-order valence-corrected chi connectivity index (χ0v) is 10.3. The fraction of sp³-hybridized carbons (Fsp3) is 0.133. The zero-order valence-electron chi connectivity index (χ0n) is 10.3. The van der Waals surface area contributed by atoms with Crippen LogP contribution in [0, 0.1) is 0 Å². The maximum absolute atomic E-state index is 5.63. The molecular weight excluding hydrogens is 226 g/mol. The first-order valence-electron chi connectivity index (χ1n) is 5.65. The van der Waals surface area contributed by atoms with Gasteiger partial charge in [0.1, 0.15) is 18.1 Å². The Bertz CT molecular complexity index is 506. The first-order valence-corrected chi connectivity index (χ1v) is 5.65. The van der Waals surface area contributed by atoms with Crippen molar-refractivity contribution in [2.75, 3.05) is 7.11 Å². The highest BCUT2D eigenvalue weighted by Gasteiger charge is 2.00. The maximum atomic E-state index is 5.63. The number of hydrogen-bond acceptors (Lipinski definition) is 3. The fourth-order valence-corrected chi connectivity index (χ4v) is 1.50. The molecule has 0 aliphatic carbocycles. The topological polar surface area (TPSA) is 31.4 Å². The monoisotopic (exact) mass is 241 g/mol. The Morgan fingerprint density at radius 2 is 1.94 bits per heavy atom.